The second-order valence-electron chi connectivity index (χ2n) is 2.28. The summed E-state index contributed by atoms with van der Waals surface area (Å²) in [6.45, 7) is 0. The lowest BCUT2D eigenvalue weighted by molar-refractivity contribution is -0.113. The van der Waals surface area contributed by atoms with Gasteiger partial charge in [-0.25, -0.2) is 0 Å². The van der Waals surface area contributed by atoms with Crippen LogP contribution in [0.4, 0.5) is 0 Å². The van der Waals surface area contributed by atoms with E-state index in [1.807, 2.05) is 6.07 Å². The molecule has 2 N–H and O–H groups in total. The van der Waals surface area contributed by atoms with Crippen LogP contribution in [0.5, 0.6) is 0 Å². The van der Waals surface area contributed by atoms with Crippen LogP contribution in [-0.2, 0) is 4.79 Å². The van der Waals surface area contributed by atoms with Crippen LogP contribution in [0, 0.1) is 11.3 Å². The first-order valence-electron chi connectivity index (χ1n) is 3.56. The summed E-state index contributed by atoms with van der Waals surface area (Å²) in [7, 11) is 0. The van der Waals surface area contributed by atoms with Crippen molar-refractivity contribution in [2.75, 3.05) is 0 Å². The fraction of sp³-hybridized carbons (Fsp3) is 0. The van der Waals surface area contributed by atoms with Crippen molar-refractivity contribution in [1.82, 2.24) is 4.98 Å². The lowest BCUT2D eigenvalue weighted by Gasteiger charge is -1.93. The molecule has 4 heteroatoms. The summed E-state index contributed by atoms with van der Waals surface area (Å²) in [6.07, 6.45) is 4.13. The number of nitriles is 1. The number of aromatic nitrogens is 1. The Bertz CT molecular complexity index is 390. The summed E-state index contributed by atoms with van der Waals surface area (Å²) in [5.74, 6) is -0.561. The van der Waals surface area contributed by atoms with Crippen LogP contribution in [-0.4, -0.2) is 10.9 Å². The molecule has 0 aliphatic heterocycles. The molecular weight excluding hydrogens is 166 g/mol. The van der Waals surface area contributed by atoms with Crippen molar-refractivity contribution in [2.24, 2.45) is 5.73 Å². The van der Waals surface area contributed by atoms with E-state index < -0.39 is 5.91 Å². The minimum absolute atomic E-state index is 0.417. The molecule has 13 heavy (non-hydrogen) atoms. The van der Waals surface area contributed by atoms with Crippen LogP contribution in [0.1, 0.15) is 11.3 Å². The molecule has 1 aromatic rings. The summed E-state index contributed by atoms with van der Waals surface area (Å²) in [4.78, 5) is 14.3. The van der Waals surface area contributed by atoms with Gasteiger partial charge in [-0.1, -0.05) is 0 Å². The zero-order valence-corrected chi connectivity index (χ0v) is 6.77. The van der Waals surface area contributed by atoms with Gasteiger partial charge in [0.15, 0.2) is 0 Å². The molecule has 1 amide bonds. The zero-order valence-electron chi connectivity index (χ0n) is 6.77. The Labute approximate surface area is 75.3 Å². The number of carbonyl (C=O) groups excluding carboxylic acids is 1. The molecule has 4 nitrogen and oxygen atoms in total. The van der Waals surface area contributed by atoms with Crippen molar-refractivity contribution in [3.63, 3.8) is 0 Å². The summed E-state index contributed by atoms with van der Waals surface area (Å²) in [6, 6.07) is 5.23. The largest absolute Gasteiger partial charge is 0.366 e. The predicted molar refractivity (Wildman–Crippen MR) is 47.2 cm³/mol. The monoisotopic (exact) mass is 173 g/mol. The highest BCUT2D eigenvalue weighted by molar-refractivity contribution is 5.90. The van der Waals surface area contributed by atoms with Gasteiger partial charge in [-0.05, 0) is 18.2 Å². The second kappa shape index (κ2) is 4.02. The van der Waals surface area contributed by atoms with Gasteiger partial charge in [-0.15, -0.1) is 0 Å². The molecule has 1 rings (SSSR count). The molecule has 0 radical (unpaired) electrons. The highest BCUT2D eigenvalue weighted by atomic mass is 16.1. The average Bonchev–Trinajstić information content (AvgIpc) is 2.15. The third kappa shape index (κ3) is 2.42. The van der Waals surface area contributed by atoms with Crippen molar-refractivity contribution in [1.29, 1.82) is 5.26 Å². The van der Waals surface area contributed by atoms with E-state index in [4.69, 9.17) is 11.0 Å². The van der Waals surface area contributed by atoms with Gasteiger partial charge in [-0.2, -0.15) is 5.26 Å². The van der Waals surface area contributed by atoms with Gasteiger partial charge in [0, 0.05) is 12.3 Å². The fourth-order valence-electron chi connectivity index (χ4n) is 0.806. The molecule has 0 saturated heterocycles. The summed E-state index contributed by atoms with van der Waals surface area (Å²) < 4.78 is 0. The highest BCUT2D eigenvalue weighted by Gasteiger charge is 1.97. The van der Waals surface area contributed by atoms with Gasteiger partial charge in [0.25, 0.3) is 0 Å². The number of pyridine rings is 1. The van der Waals surface area contributed by atoms with Crippen LogP contribution < -0.4 is 5.73 Å². The maximum absolute atomic E-state index is 10.4. The molecule has 0 saturated carbocycles. The van der Waals surface area contributed by atoms with Gasteiger partial charge in [0.1, 0.15) is 6.07 Å². The molecule has 1 heterocycles. The number of carbonyl (C=O) groups is 1. The molecule has 0 aliphatic carbocycles. The molecule has 1 aromatic heterocycles. The molecule has 0 bridgehead atoms. The number of hydrogen-bond donors (Lipinski definition) is 1. The highest BCUT2D eigenvalue weighted by Crippen LogP contribution is 2.04. The van der Waals surface area contributed by atoms with Crippen LogP contribution in [0.3, 0.4) is 0 Å². The van der Waals surface area contributed by atoms with Gasteiger partial charge < -0.3 is 5.73 Å². The molecular formula is C9H7N3O. The van der Waals surface area contributed by atoms with E-state index in [1.54, 1.807) is 18.3 Å². The Kier molecular flexibility index (Phi) is 2.77. The first-order valence-corrected chi connectivity index (χ1v) is 3.56. The molecule has 64 valence electrons. The number of hydrogen-bond acceptors (Lipinski definition) is 3. The Morgan fingerprint density at radius 1 is 1.69 bits per heavy atom. The fourth-order valence-corrected chi connectivity index (χ4v) is 0.806. The smallest absolute Gasteiger partial charge is 0.241 e. The maximum atomic E-state index is 10.4. The SMILES string of the molecule is N#Cc1cccnc1/C=C/C(N)=O. The summed E-state index contributed by atoms with van der Waals surface area (Å²) >= 11 is 0. The normalized spacial score (nSPS) is 9.77. The van der Waals surface area contributed by atoms with Crippen molar-refractivity contribution in [3.05, 3.63) is 35.7 Å². The third-order valence-electron chi connectivity index (χ3n) is 1.36. The second-order valence-corrected chi connectivity index (χ2v) is 2.28. The van der Waals surface area contributed by atoms with Crippen molar-refractivity contribution in [3.8, 4) is 6.07 Å². The lowest BCUT2D eigenvalue weighted by Crippen LogP contribution is -2.05. The van der Waals surface area contributed by atoms with Crippen molar-refractivity contribution < 1.29 is 4.79 Å². The first kappa shape index (κ1) is 8.94. The van der Waals surface area contributed by atoms with Crippen LogP contribution in [0.15, 0.2) is 24.4 Å². The summed E-state index contributed by atoms with van der Waals surface area (Å²) in [5, 5.41) is 8.64. The standard InChI is InChI=1S/C9H7N3O/c10-6-7-2-1-5-12-8(7)3-4-9(11)13/h1-5H,(H2,11,13)/b4-3+. The average molecular weight is 173 g/mol. The molecule has 0 aliphatic rings. The van der Waals surface area contributed by atoms with E-state index in [2.05, 4.69) is 4.98 Å². The molecule has 0 spiro atoms. The van der Waals surface area contributed by atoms with Crippen LogP contribution in [0.2, 0.25) is 0 Å². The maximum Gasteiger partial charge on any atom is 0.241 e. The van der Waals surface area contributed by atoms with Gasteiger partial charge in [0.05, 0.1) is 11.3 Å². The van der Waals surface area contributed by atoms with E-state index >= 15 is 0 Å². The quantitative estimate of drug-likeness (QED) is 0.659. The van der Waals surface area contributed by atoms with Crippen molar-refractivity contribution in [2.45, 2.75) is 0 Å². The summed E-state index contributed by atoms with van der Waals surface area (Å²) in [5.41, 5.74) is 5.76. The Morgan fingerprint density at radius 3 is 3.08 bits per heavy atom. The predicted octanol–water partition coefficient (Wildman–Crippen LogP) is 0.452. The zero-order chi connectivity index (χ0) is 9.68. The van der Waals surface area contributed by atoms with E-state index in [0.717, 1.165) is 0 Å². The van der Waals surface area contributed by atoms with E-state index in [0.29, 0.717) is 11.3 Å². The number of primary amides is 1. The minimum Gasteiger partial charge on any atom is -0.366 e. The van der Waals surface area contributed by atoms with Crippen molar-refractivity contribution >= 4 is 12.0 Å². The minimum atomic E-state index is -0.561. The molecule has 0 unspecified atom stereocenters. The van der Waals surface area contributed by atoms with Gasteiger partial charge in [0.2, 0.25) is 5.91 Å². The number of nitrogens with zero attached hydrogens (tertiary/aromatic N) is 2. The number of amides is 1. The lowest BCUT2D eigenvalue weighted by atomic mass is 10.2. The van der Waals surface area contributed by atoms with E-state index in [-0.39, 0.29) is 0 Å². The topological polar surface area (TPSA) is 79.8 Å². The van der Waals surface area contributed by atoms with Gasteiger partial charge >= 0.3 is 0 Å². The van der Waals surface area contributed by atoms with Crippen LogP contribution in [0.25, 0.3) is 6.08 Å². The molecule has 0 fully saturated rings. The third-order valence-corrected chi connectivity index (χ3v) is 1.36. The molecule has 0 atom stereocenters. The Hall–Kier alpha value is -2.15. The number of rotatable bonds is 2. The Balaban J connectivity index is 3.02. The Morgan fingerprint density at radius 2 is 2.46 bits per heavy atom. The van der Waals surface area contributed by atoms with E-state index in [9.17, 15) is 4.79 Å². The number of nitrogens with two attached hydrogens (primary N) is 1. The molecule has 0 aromatic carbocycles. The van der Waals surface area contributed by atoms with Crippen LogP contribution >= 0.6 is 0 Å². The first-order chi connectivity index (χ1) is 6.24. The van der Waals surface area contributed by atoms with Gasteiger partial charge in [-0.3, -0.25) is 9.78 Å². The van der Waals surface area contributed by atoms with E-state index in [1.165, 1.54) is 12.2 Å².